The van der Waals surface area contributed by atoms with E-state index in [0.717, 1.165) is 5.56 Å². The van der Waals surface area contributed by atoms with E-state index in [0.29, 0.717) is 0 Å². The van der Waals surface area contributed by atoms with Crippen LogP contribution in [0.2, 0.25) is 0 Å². The Morgan fingerprint density at radius 2 is 2.11 bits per heavy atom. The lowest BCUT2D eigenvalue weighted by molar-refractivity contribution is -0.149. The van der Waals surface area contributed by atoms with Gasteiger partial charge in [-0.05, 0) is 34.7 Å². The molecule has 1 aromatic heterocycles. The molecular formula is C14H20N2O2S. The normalized spacial score (nSPS) is 22.3. The van der Waals surface area contributed by atoms with E-state index in [1.165, 1.54) is 0 Å². The third-order valence-electron chi connectivity index (χ3n) is 3.51. The molecule has 0 spiro atoms. The van der Waals surface area contributed by atoms with Gasteiger partial charge in [-0.1, -0.05) is 20.8 Å². The summed E-state index contributed by atoms with van der Waals surface area (Å²) in [4.78, 5) is 26.1. The van der Waals surface area contributed by atoms with Crippen LogP contribution in [-0.4, -0.2) is 29.3 Å². The summed E-state index contributed by atoms with van der Waals surface area (Å²) in [6.45, 7) is 8.01. The predicted octanol–water partition coefficient (Wildman–Crippen LogP) is 2.18. The standard InChI is InChI=1S/C14H20N2O2S/c1-9(10-5-6-19-8-10)16-7-11(17)15-12(13(16)18)14(2,3)4/h5-6,8-9,12H,7H2,1-4H3,(H,15,17). The molecule has 0 aliphatic carbocycles. The Balaban J connectivity index is 2.25. The highest BCUT2D eigenvalue weighted by Crippen LogP contribution is 2.29. The Morgan fingerprint density at radius 1 is 1.42 bits per heavy atom. The molecule has 1 saturated heterocycles. The van der Waals surface area contributed by atoms with Crippen molar-refractivity contribution in [1.29, 1.82) is 0 Å². The van der Waals surface area contributed by atoms with Crippen LogP contribution in [0.25, 0.3) is 0 Å². The third-order valence-corrected chi connectivity index (χ3v) is 4.21. The van der Waals surface area contributed by atoms with Gasteiger partial charge >= 0.3 is 0 Å². The van der Waals surface area contributed by atoms with Crippen molar-refractivity contribution in [1.82, 2.24) is 10.2 Å². The molecule has 2 atom stereocenters. The first-order valence-electron chi connectivity index (χ1n) is 6.42. The molecule has 5 heteroatoms. The highest BCUT2D eigenvalue weighted by atomic mass is 32.1. The van der Waals surface area contributed by atoms with Gasteiger partial charge in [0.05, 0.1) is 6.04 Å². The molecule has 0 radical (unpaired) electrons. The molecule has 19 heavy (non-hydrogen) atoms. The van der Waals surface area contributed by atoms with Gasteiger partial charge in [0.15, 0.2) is 0 Å². The molecule has 2 unspecified atom stereocenters. The van der Waals surface area contributed by atoms with Crippen LogP contribution in [0.3, 0.4) is 0 Å². The lowest BCUT2D eigenvalue weighted by Crippen LogP contribution is -2.62. The molecule has 1 aromatic rings. The van der Waals surface area contributed by atoms with Crippen molar-refractivity contribution in [2.75, 3.05) is 6.54 Å². The molecule has 0 bridgehead atoms. The maximum absolute atomic E-state index is 12.6. The third kappa shape index (κ3) is 2.81. The molecule has 2 heterocycles. The van der Waals surface area contributed by atoms with E-state index in [2.05, 4.69) is 5.32 Å². The van der Waals surface area contributed by atoms with Crippen molar-refractivity contribution in [2.24, 2.45) is 5.41 Å². The van der Waals surface area contributed by atoms with Gasteiger partial charge in [0.25, 0.3) is 0 Å². The van der Waals surface area contributed by atoms with Gasteiger partial charge in [-0.15, -0.1) is 0 Å². The van der Waals surface area contributed by atoms with Crippen LogP contribution in [0.4, 0.5) is 0 Å². The highest BCUT2D eigenvalue weighted by Gasteiger charge is 2.41. The molecule has 0 saturated carbocycles. The van der Waals surface area contributed by atoms with Gasteiger partial charge in [0.2, 0.25) is 11.8 Å². The minimum Gasteiger partial charge on any atom is -0.342 e. The Labute approximate surface area is 117 Å². The van der Waals surface area contributed by atoms with Crippen molar-refractivity contribution in [3.05, 3.63) is 22.4 Å². The summed E-state index contributed by atoms with van der Waals surface area (Å²) in [6, 6.07) is 1.49. The van der Waals surface area contributed by atoms with Crippen LogP contribution in [0.5, 0.6) is 0 Å². The fraction of sp³-hybridized carbons (Fsp3) is 0.571. The Hall–Kier alpha value is -1.36. The van der Waals surface area contributed by atoms with Gasteiger partial charge in [0.1, 0.15) is 12.6 Å². The quantitative estimate of drug-likeness (QED) is 0.902. The second-order valence-electron chi connectivity index (χ2n) is 6.07. The second kappa shape index (κ2) is 4.96. The number of rotatable bonds is 2. The summed E-state index contributed by atoms with van der Waals surface area (Å²) in [5.41, 5.74) is 0.806. The molecule has 1 N–H and O–H groups in total. The molecule has 2 rings (SSSR count). The summed E-state index contributed by atoms with van der Waals surface area (Å²) in [6.07, 6.45) is 0. The Morgan fingerprint density at radius 3 is 2.63 bits per heavy atom. The number of nitrogens with zero attached hydrogens (tertiary/aromatic N) is 1. The van der Waals surface area contributed by atoms with Gasteiger partial charge in [-0.2, -0.15) is 11.3 Å². The number of piperazine rings is 1. The minimum atomic E-state index is -0.449. The number of hydrogen-bond acceptors (Lipinski definition) is 3. The average molecular weight is 280 g/mol. The predicted molar refractivity (Wildman–Crippen MR) is 75.8 cm³/mol. The first-order chi connectivity index (χ1) is 8.80. The summed E-state index contributed by atoms with van der Waals surface area (Å²) in [5.74, 6) is -0.0765. The zero-order chi connectivity index (χ0) is 14.2. The van der Waals surface area contributed by atoms with E-state index < -0.39 is 6.04 Å². The summed E-state index contributed by atoms with van der Waals surface area (Å²) >= 11 is 1.60. The number of thiophene rings is 1. The monoisotopic (exact) mass is 280 g/mol. The first-order valence-corrected chi connectivity index (χ1v) is 7.37. The average Bonchev–Trinajstić information content (AvgIpc) is 2.83. The van der Waals surface area contributed by atoms with Crippen LogP contribution in [0, 0.1) is 5.41 Å². The van der Waals surface area contributed by atoms with Gasteiger partial charge in [-0.25, -0.2) is 0 Å². The number of carbonyl (C=O) groups is 2. The lowest BCUT2D eigenvalue weighted by atomic mass is 9.84. The Bertz CT molecular complexity index is 476. The smallest absolute Gasteiger partial charge is 0.246 e. The minimum absolute atomic E-state index is 0.00537. The molecule has 2 amide bonds. The lowest BCUT2D eigenvalue weighted by Gasteiger charge is -2.41. The van der Waals surface area contributed by atoms with Crippen LogP contribution >= 0.6 is 11.3 Å². The van der Waals surface area contributed by atoms with Crippen molar-refractivity contribution >= 4 is 23.2 Å². The fourth-order valence-electron chi connectivity index (χ4n) is 2.27. The molecule has 1 aliphatic rings. The highest BCUT2D eigenvalue weighted by molar-refractivity contribution is 7.07. The topological polar surface area (TPSA) is 49.4 Å². The van der Waals surface area contributed by atoms with Crippen molar-refractivity contribution in [2.45, 2.75) is 39.8 Å². The maximum Gasteiger partial charge on any atom is 0.246 e. The van der Waals surface area contributed by atoms with Crippen molar-refractivity contribution in [3.8, 4) is 0 Å². The molecule has 104 valence electrons. The van der Waals surface area contributed by atoms with Crippen LogP contribution in [0.15, 0.2) is 16.8 Å². The SMILES string of the molecule is CC(c1ccsc1)N1CC(=O)NC(C(C)(C)C)C1=O. The van der Waals surface area contributed by atoms with Gasteiger partial charge in [-0.3, -0.25) is 9.59 Å². The van der Waals surface area contributed by atoms with E-state index >= 15 is 0 Å². The molecule has 1 aliphatic heterocycles. The number of hydrogen-bond donors (Lipinski definition) is 1. The molecule has 0 aromatic carbocycles. The summed E-state index contributed by atoms with van der Waals surface area (Å²) in [5, 5.41) is 6.82. The largest absolute Gasteiger partial charge is 0.342 e. The summed E-state index contributed by atoms with van der Waals surface area (Å²) in [7, 11) is 0. The van der Waals surface area contributed by atoms with E-state index in [4.69, 9.17) is 0 Å². The zero-order valence-corrected chi connectivity index (χ0v) is 12.6. The second-order valence-corrected chi connectivity index (χ2v) is 6.85. The molecular weight excluding hydrogens is 260 g/mol. The Kier molecular flexibility index (Phi) is 3.67. The first kappa shape index (κ1) is 14.1. The van der Waals surface area contributed by atoms with Crippen LogP contribution < -0.4 is 5.32 Å². The van der Waals surface area contributed by atoms with E-state index in [9.17, 15) is 9.59 Å². The number of amides is 2. The van der Waals surface area contributed by atoms with E-state index in [1.54, 1.807) is 16.2 Å². The van der Waals surface area contributed by atoms with E-state index in [1.807, 2.05) is 44.5 Å². The number of nitrogens with one attached hydrogen (secondary N) is 1. The fourth-order valence-corrected chi connectivity index (χ4v) is 3.02. The van der Waals surface area contributed by atoms with Crippen molar-refractivity contribution < 1.29 is 9.59 Å². The molecule has 4 nitrogen and oxygen atoms in total. The zero-order valence-electron chi connectivity index (χ0n) is 11.8. The van der Waals surface area contributed by atoms with Crippen LogP contribution in [0.1, 0.15) is 39.3 Å². The maximum atomic E-state index is 12.6. The molecule has 1 fully saturated rings. The van der Waals surface area contributed by atoms with Crippen molar-refractivity contribution in [3.63, 3.8) is 0 Å². The van der Waals surface area contributed by atoms with E-state index in [-0.39, 0.29) is 29.8 Å². The van der Waals surface area contributed by atoms with Gasteiger partial charge < -0.3 is 10.2 Å². The summed E-state index contributed by atoms with van der Waals surface area (Å²) < 4.78 is 0. The number of carbonyl (C=O) groups excluding carboxylic acids is 2. The van der Waals surface area contributed by atoms with Gasteiger partial charge in [0, 0.05) is 0 Å². The van der Waals surface area contributed by atoms with Crippen LogP contribution in [-0.2, 0) is 9.59 Å².